The molecule has 0 saturated carbocycles. The number of benzene rings is 1. The van der Waals surface area contributed by atoms with E-state index in [2.05, 4.69) is 26.6 Å². The Labute approximate surface area is 114 Å². The average Bonchev–Trinajstić information content (AvgIpc) is 2.30. The maximum Gasteiger partial charge on any atom is 0.326 e. The topological polar surface area (TPSA) is 78.4 Å². The summed E-state index contributed by atoms with van der Waals surface area (Å²) in [6.07, 6.45) is 0.335. The third-order valence-corrected chi connectivity index (χ3v) is 3.32. The number of hydrogen-bond donors (Lipinski definition) is 3. The third-order valence-electron chi connectivity index (χ3n) is 2.43. The van der Waals surface area contributed by atoms with Gasteiger partial charge in [-0.15, -0.1) is 0 Å². The SMILES string of the molecule is CC[C@@H](NC(=O)Nc1ccc(Br)c(C)c1)C(=O)O. The summed E-state index contributed by atoms with van der Waals surface area (Å²) < 4.78 is 0.949. The highest BCUT2D eigenvalue weighted by Crippen LogP contribution is 2.19. The van der Waals surface area contributed by atoms with Gasteiger partial charge in [0.25, 0.3) is 0 Å². The van der Waals surface area contributed by atoms with Gasteiger partial charge in [0.1, 0.15) is 6.04 Å². The summed E-state index contributed by atoms with van der Waals surface area (Å²) in [4.78, 5) is 22.4. The number of anilines is 1. The molecule has 1 rings (SSSR count). The van der Waals surface area contributed by atoms with Gasteiger partial charge in [-0.2, -0.15) is 0 Å². The van der Waals surface area contributed by atoms with Crippen molar-refractivity contribution >= 4 is 33.6 Å². The Hall–Kier alpha value is -1.56. The Morgan fingerprint density at radius 2 is 2.11 bits per heavy atom. The summed E-state index contributed by atoms with van der Waals surface area (Å²) in [5.41, 5.74) is 1.60. The monoisotopic (exact) mass is 314 g/mol. The summed E-state index contributed by atoms with van der Waals surface area (Å²) in [6, 6.07) is 3.95. The number of aryl methyl sites for hydroxylation is 1. The lowest BCUT2D eigenvalue weighted by Gasteiger charge is -2.13. The molecule has 0 fully saturated rings. The Morgan fingerprint density at radius 1 is 1.44 bits per heavy atom. The van der Waals surface area contributed by atoms with Crippen LogP contribution in [0.25, 0.3) is 0 Å². The molecule has 5 nitrogen and oxygen atoms in total. The van der Waals surface area contributed by atoms with Crippen LogP contribution in [0, 0.1) is 6.92 Å². The molecule has 0 unspecified atom stereocenters. The zero-order chi connectivity index (χ0) is 13.7. The van der Waals surface area contributed by atoms with Crippen molar-refractivity contribution in [2.45, 2.75) is 26.3 Å². The van der Waals surface area contributed by atoms with Crippen molar-refractivity contribution in [3.8, 4) is 0 Å². The van der Waals surface area contributed by atoms with Crippen LogP contribution in [-0.4, -0.2) is 23.1 Å². The number of amides is 2. The molecule has 3 N–H and O–H groups in total. The lowest BCUT2D eigenvalue weighted by Crippen LogP contribution is -2.42. The molecule has 18 heavy (non-hydrogen) atoms. The maximum absolute atomic E-state index is 11.6. The zero-order valence-corrected chi connectivity index (χ0v) is 11.7. The van der Waals surface area contributed by atoms with Crippen LogP contribution < -0.4 is 10.6 Å². The van der Waals surface area contributed by atoms with E-state index < -0.39 is 18.0 Å². The Bertz CT molecular complexity index is 463. The highest BCUT2D eigenvalue weighted by atomic mass is 79.9. The largest absolute Gasteiger partial charge is 0.480 e. The number of carbonyl (C=O) groups is 2. The van der Waals surface area contributed by atoms with Crippen molar-refractivity contribution in [3.05, 3.63) is 28.2 Å². The van der Waals surface area contributed by atoms with Gasteiger partial charge in [0, 0.05) is 10.2 Å². The Balaban J connectivity index is 2.64. The molecule has 0 spiro atoms. The van der Waals surface area contributed by atoms with E-state index in [1.165, 1.54) is 0 Å². The molecule has 0 saturated heterocycles. The van der Waals surface area contributed by atoms with Gasteiger partial charge in [-0.3, -0.25) is 0 Å². The van der Waals surface area contributed by atoms with Gasteiger partial charge in [-0.1, -0.05) is 22.9 Å². The summed E-state index contributed by atoms with van der Waals surface area (Å²) in [7, 11) is 0. The maximum atomic E-state index is 11.6. The van der Waals surface area contributed by atoms with Gasteiger partial charge in [-0.25, -0.2) is 9.59 Å². The Morgan fingerprint density at radius 3 is 2.61 bits per heavy atom. The third kappa shape index (κ3) is 4.03. The van der Waals surface area contributed by atoms with Gasteiger partial charge in [-0.05, 0) is 37.1 Å². The normalized spacial score (nSPS) is 11.7. The predicted octanol–water partition coefficient (Wildman–Crippen LogP) is 2.74. The van der Waals surface area contributed by atoms with Crippen molar-refractivity contribution in [3.63, 3.8) is 0 Å². The first-order valence-electron chi connectivity index (χ1n) is 5.50. The predicted molar refractivity (Wildman–Crippen MR) is 72.7 cm³/mol. The van der Waals surface area contributed by atoms with Crippen molar-refractivity contribution in [1.29, 1.82) is 0 Å². The van der Waals surface area contributed by atoms with Crippen LogP contribution in [0.1, 0.15) is 18.9 Å². The highest BCUT2D eigenvalue weighted by molar-refractivity contribution is 9.10. The molecule has 98 valence electrons. The van der Waals surface area contributed by atoms with Crippen LogP contribution in [0.5, 0.6) is 0 Å². The van der Waals surface area contributed by atoms with E-state index >= 15 is 0 Å². The second kappa shape index (κ2) is 6.39. The number of nitrogens with one attached hydrogen (secondary N) is 2. The minimum Gasteiger partial charge on any atom is -0.480 e. The number of halogens is 1. The van der Waals surface area contributed by atoms with E-state index in [9.17, 15) is 9.59 Å². The molecule has 0 radical (unpaired) electrons. The zero-order valence-electron chi connectivity index (χ0n) is 10.2. The molecule has 0 heterocycles. The van der Waals surface area contributed by atoms with Crippen molar-refractivity contribution in [2.75, 3.05) is 5.32 Å². The van der Waals surface area contributed by atoms with Gasteiger partial charge in [0.2, 0.25) is 0 Å². The molecular formula is C12H15BrN2O3. The number of carbonyl (C=O) groups excluding carboxylic acids is 1. The van der Waals surface area contributed by atoms with Gasteiger partial charge >= 0.3 is 12.0 Å². The fraction of sp³-hybridized carbons (Fsp3) is 0.333. The van der Waals surface area contributed by atoms with Gasteiger partial charge in [0.15, 0.2) is 0 Å². The smallest absolute Gasteiger partial charge is 0.326 e. The van der Waals surface area contributed by atoms with E-state index in [4.69, 9.17) is 5.11 Å². The molecule has 0 bridgehead atoms. The van der Waals surface area contributed by atoms with Crippen LogP contribution in [0.3, 0.4) is 0 Å². The van der Waals surface area contributed by atoms with Crippen molar-refractivity contribution < 1.29 is 14.7 Å². The molecule has 0 aromatic heterocycles. The van der Waals surface area contributed by atoms with E-state index in [0.717, 1.165) is 10.0 Å². The minimum absolute atomic E-state index is 0.335. The molecule has 1 atom stereocenters. The fourth-order valence-corrected chi connectivity index (χ4v) is 1.63. The fourth-order valence-electron chi connectivity index (χ4n) is 1.39. The van der Waals surface area contributed by atoms with Gasteiger partial charge in [0.05, 0.1) is 0 Å². The number of hydrogen-bond acceptors (Lipinski definition) is 2. The van der Waals surface area contributed by atoms with E-state index in [1.807, 2.05) is 13.0 Å². The molecule has 6 heteroatoms. The summed E-state index contributed by atoms with van der Waals surface area (Å²) in [6.45, 7) is 3.60. The van der Waals surface area contributed by atoms with E-state index in [1.54, 1.807) is 19.1 Å². The number of rotatable bonds is 4. The molecule has 2 amide bonds. The summed E-state index contributed by atoms with van der Waals surface area (Å²) in [5.74, 6) is -1.04. The van der Waals surface area contributed by atoms with E-state index in [-0.39, 0.29) is 0 Å². The number of urea groups is 1. The van der Waals surface area contributed by atoms with E-state index in [0.29, 0.717) is 12.1 Å². The first-order valence-corrected chi connectivity index (χ1v) is 6.29. The number of carboxylic acids is 1. The van der Waals surface area contributed by atoms with Crippen LogP contribution in [-0.2, 0) is 4.79 Å². The molecule has 0 aliphatic carbocycles. The quantitative estimate of drug-likeness (QED) is 0.799. The van der Waals surface area contributed by atoms with Gasteiger partial charge < -0.3 is 15.7 Å². The van der Waals surface area contributed by atoms with Crippen molar-refractivity contribution in [1.82, 2.24) is 5.32 Å². The standard InChI is InChI=1S/C12H15BrN2O3/c1-3-10(11(16)17)15-12(18)14-8-4-5-9(13)7(2)6-8/h4-6,10H,3H2,1-2H3,(H,16,17)(H2,14,15,18)/t10-/m1/s1. The van der Waals surface area contributed by atoms with Crippen LogP contribution >= 0.6 is 15.9 Å². The molecule has 1 aromatic carbocycles. The Kier molecular flexibility index (Phi) is 5.15. The summed E-state index contributed by atoms with van der Waals surface area (Å²) in [5, 5.41) is 13.8. The van der Waals surface area contributed by atoms with Crippen LogP contribution in [0.15, 0.2) is 22.7 Å². The minimum atomic E-state index is -1.04. The lowest BCUT2D eigenvalue weighted by molar-refractivity contribution is -0.139. The van der Waals surface area contributed by atoms with Crippen LogP contribution in [0.2, 0.25) is 0 Å². The molecule has 0 aliphatic rings. The average molecular weight is 315 g/mol. The molecule has 0 aliphatic heterocycles. The first-order chi connectivity index (χ1) is 8.43. The second-order valence-corrected chi connectivity index (χ2v) is 4.72. The lowest BCUT2D eigenvalue weighted by atomic mass is 10.2. The summed E-state index contributed by atoms with van der Waals surface area (Å²) >= 11 is 3.36. The molecule has 1 aromatic rings. The van der Waals surface area contributed by atoms with Crippen molar-refractivity contribution in [2.24, 2.45) is 0 Å². The number of carboxylic acid groups (broad SMARTS) is 1. The van der Waals surface area contributed by atoms with Crippen LogP contribution in [0.4, 0.5) is 10.5 Å². The molecular weight excluding hydrogens is 300 g/mol. The first kappa shape index (κ1) is 14.5. The number of aliphatic carboxylic acids is 1. The second-order valence-electron chi connectivity index (χ2n) is 3.86. The highest BCUT2D eigenvalue weighted by Gasteiger charge is 2.17.